The minimum absolute atomic E-state index is 0.386. The number of ether oxygens (including phenoxy) is 2. The molecule has 0 aromatic heterocycles. The first-order chi connectivity index (χ1) is 7.58. The third-order valence-corrected chi connectivity index (χ3v) is 2.23. The van der Waals surface area contributed by atoms with Crippen LogP contribution in [0.1, 0.15) is 13.8 Å². The first-order valence-electron chi connectivity index (χ1n) is 4.92. The molecule has 0 amide bonds. The van der Waals surface area contributed by atoms with Crippen molar-refractivity contribution in [3.05, 3.63) is 23.8 Å². The predicted molar refractivity (Wildman–Crippen MR) is 55.4 cm³/mol. The summed E-state index contributed by atoms with van der Waals surface area (Å²) in [6.45, 7) is 2.95. The highest BCUT2D eigenvalue weighted by Gasteiger charge is 2.29. The van der Waals surface area contributed by atoms with Crippen LogP contribution in [0.15, 0.2) is 23.8 Å². The predicted octanol–water partition coefficient (Wildman–Crippen LogP) is 0.338. The summed E-state index contributed by atoms with van der Waals surface area (Å²) < 4.78 is 9.85. The van der Waals surface area contributed by atoms with Gasteiger partial charge in [-0.15, -0.1) is 0 Å². The molecular formula is C11H14O5. The van der Waals surface area contributed by atoms with E-state index in [4.69, 9.17) is 14.6 Å². The van der Waals surface area contributed by atoms with Crippen molar-refractivity contribution in [3.8, 4) is 0 Å². The molecule has 5 heteroatoms. The number of carbonyl (C=O) groups excluding carboxylic acids is 2. The van der Waals surface area contributed by atoms with E-state index in [2.05, 4.69) is 0 Å². The number of hydrogen-bond acceptors (Lipinski definition) is 5. The summed E-state index contributed by atoms with van der Waals surface area (Å²) in [7, 11) is 0. The van der Waals surface area contributed by atoms with Crippen molar-refractivity contribution in [3.63, 3.8) is 0 Å². The third-order valence-electron chi connectivity index (χ3n) is 2.23. The topological polar surface area (TPSA) is 72.8 Å². The highest BCUT2D eigenvalue weighted by atomic mass is 16.6. The molecule has 16 heavy (non-hydrogen) atoms. The number of hydrogen-bond donors (Lipinski definition) is 1. The lowest BCUT2D eigenvalue weighted by Gasteiger charge is -2.25. The van der Waals surface area contributed by atoms with E-state index < -0.39 is 24.1 Å². The van der Waals surface area contributed by atoms with Crippen molar-refractivity contribution >= 4 is 11.9 Å². The van der Waals surface area contributed by atoms with Gasteiger partial charge >= 0.3 is 11.9 Å². The van der Waals surface area contributed by atoms with Crippen LogP contribution in [-0.4, -0.2) is 35.9 Å². The summed E-state index contributed by atoms with van der Waals surface area (Å²) in [5.74, 6) is -1.04. The molecule has 0 aliphatic carbocycles. The smallest absolute Gasteiger partial charge is 0.334 e. The van der Waals surface area contributed by atoms with Crippen molar-refractivity contribution in [2.75, 3.05) is 6.61 Å². The Balaban J connectivity index is 2.69. The van der Waals surface area contributed by atoms with Gasteiger partial charge in [-0.1, -0.05) is 6.08 Å². The normalized spacial score (nSPS) is 25.2. The molecular weight excluding hydrogens is 212 g/mol. The lowest BCUT2D eigenvalue weighted by molar-refractivity contribution is -0.163. The lowest BCUT2D eigenvalue weighted by atomic mass is 10.1. The number of rotatable bonds is 3. The Morgan fingerprint density at radius 1 is 1.69 bits per heavy atom. The second kappa shape index (κ2) is 5.46. The molecule has 1 N–H and O–H groups in total. The van der Waals surface area contributed by atoms with E-state index in [-0.39, 0.29) is 6.61 Å². The zero-order valence-electron chi connectivity index (χ0n) is 9.17. The van der Waals surface area contributed by atoms with Crippen LogP contribution in [0.4, 0.5) is 0 Å². The second-order valence-corrected chi connectivity index (χ2v) is 3.36. The highest BCUT2D eigenvalue weighted by molar-refractivity contribution is 5.88. The zero-order valence-corrected chi connectivity index (χ0v) is 9.17. The molecule has 5 nitrogen and oxygen atoms in total. The maximum atomic E-state index is 11.4. The second-order valence-electron chi connectivity index (χ2n) is 3.36. The van der Waals surface area contributed by atoms with Crippen molar-refractivity contribution in [1.29, 1.82) is 0 Å². The minimum atomic E-state index is -0.828. The molecule has 88 valence electrons. The minimum Gasteiger partial charge on any atom is -0.452 e. The van der Waals surface area contributed by atoms with Crippen molar-refractivity contribution in [2.45, 2.75) is 26.1 Å². The number of esters is 2. The van der Waals surface area contributed by atoms with E-state index >= 15 is 0 Å². The standard InChI is InChI=1S/C11H14O5/c1-3-7(2)11(14)16-8-4-5-10(13)15-9(8)6-12/h3-5,8-9,12H,6H2,1-2H3/b7-3+/t8-,9+/m1/s1. The SMILES string of the molecule is C/C=C(\C)C(=O)O[C@@H]1C=CC(=O)O[C@H]1CO. The summed E-state index contributed by atoms with van der Waals surface area (Å²) in [6, 6.07) is 0. The molecule has 0 aromatic rings. The lowest BCUT2D eigenvalue weighted by Crippen LogP contribution is -2.39. The van der Waals surface area contributed by atoms with Crippen molar-refractivity contribution in [2.24, 2.45) is 0 Å². The van der Waals surface area contributed by atoms with Crippen LogP contribution >= 0.6 is 0 Å². The molecule has 0 bridgehead atoms. The van der Waals surface area contributed by atoms with Gasteiger partial charge in [-0.2, -0.15) is 0 Å². The van der Waals surface area contributed by atoms with Crippen LogP contribution in [0.25, 0.3) is 0 Å². The van der Waals surface area contributed by atoms with Gasteiger partial charge in [0.05, 0.1) is 6.61 Å². The summed E-state index contributed by atoms with van der Waals surface area (Å²) in [5.41, 5.74) is 0.460. The Morgan fingerprint density at radius 2 is 2.38 bits per heavy atom. The number of aliphatic hydroxyl groups excluding tert-OH is 1. The molecule has 0 unspecified atom stereocenters. The Bertz CT molecular complexity index is 342. The summed E-state index contributed by atoms with van der Waals surface area (Å²) in [5, 5.41) is 8.97. The van der Waals surface area contributed by atoms with Gasteiger partial charge in [0.2, 0.25) is 0 Å². The van der Waals surface area contributed by atoms with E-state index in [0.717, 1.165) is 0 Å². The molecule has 1 aliphatic heterocycles. The van der Waals surface area contributed by atoms with E-state index in [9.17, 15) is 9.59 Å². The maximum Gasteiger partial charge on any atom is 0.334 e. The highest BCUT2D eigenvalue weighted by Crippen LogP contribution is 2.13. The summed E-state index contributed by atoms with van der Waals surface area (Å²) in [6.07, 6.45) is 2.65. The van der Waals surface area contributed by atoms with Gasteiger partial charge in [0.15, 0.2) is 12.2 Å². The molecule has 0 radical (unpaired) electrons. The van der Waals surface area contributed by atoms with Crippen LogP contribution in [0, 0.1) is 0 Å². The van der Waals surface area contributed by atoms with Crippen LogP contribution in [0.5, 0.6) is 0 Å². The number of carbonyl (C=O) groups is 2. The number of allylic oxidation sites excluding steroid dienone is 1. The van der Waals surface area contributed by atoms with Gasteiger partial charge in [0, 0.05) is 11.6 Å². The molecule has 0 saturated heterocycles. The fourth-order valence-corrected chi connectivity index (χ4v) is 1.14. The molecule has 1 aliphatic rings. The quantitative estimate of drug-likeness (QED) is 0.555. The third kappa shape index (κ3) is 2.93. The number of cyclic esters (lactones) is 1. The van der Waals surface area contributed by atoms with Crippen LogP contribution in [-0.2, 0) is 19.1 Å². The Morgan fingerprint density at radius 3 is 2.94 bits per heavy atom. The molecule has 2 atom stereocenters. The van der Waals surface area contributed by atoms with E-state index in [1.165, 1.54) is 12.2 Å². The van der Waals surface area contributed by atoms with Gasteiger partial charge in [-0.05, 0) is 19.9 Å². The summed E-state index contributed by atoms with van der Waals surface area (Å²) in [4.78, 5) is 22.3. The Hall–Kier alpha value is -1.62. The van der Waals surface area contributed by atoms with E-state index in [1.807, 2.05) is 0 Å². The number of aliphatic hydroxyl groups is 1. The molecule has 0 spiro atoms. The monoisotopic (exact) mass is 226 g/mol. The van der Waals surface area contributed by atoms with Gasteiger partial charge in [-0.3, -0.25) is 0 Å². The molecule has 0 aromatic carbocycles. The van der Waals surface area contributed by atoms with Crippen LogP contribution < -0.4 is 0 Å². The summed E-state index contributed by atoms with van der Waals surface area (Å²) >= 11 is 0. The van der Waals surface area contributed by atoms with Crippen LogP contribution in [0.2, 0.25) is 0 Å². The zero-order chi connectivity index (χ0) is 12.1. The van der Waals surface area contributed by atoms with Gasteiger partial charge < -0.3 is 14.6 Å². The van der Waals surface area contributed by atoms with E-state index in [0.29, 0.717) is 5.57 Å². The van der Waals surface area contributed by atoms with Gasteiger partial charge in [-0.25, -0.2) is 9.59 Å². The Kier molecular flexibility index (Phi) is 4.25. The first-order valence-corrected chi connectivity index (χ1v) is 4.92. The first kappa shape index (κ1) is 12.4. The maximum absolute atomic E-state index is 11.4. The average Bonchev–Trinajstić information content (AvgIpc) is 2.30. The van der Waals surface area contributed by atoms with E-state index in [1.54, 1.807) is 19.9 Å². The fourth-order valence-electron chi connectivity index (χ4n) is 1.14. The van der Waals surface area contributed by atoms with Crippen molar-refractivity contribution < 1.29 is 24.2 Å². The molecule has 1 rings (SSSR count). The fraction of sp³-hybridized carbons (Fsp3) is 0.455. The largest absolute Gasteiger partial charge is 0.452 e. The van der Waals surface area contributed by atoms with Gasteiger partial charge in [0.1, 0.15) is 0 Å². The van der Waals surface area contributed by atoms with Crippen molar-refractivity contribution in [1.82, 2.24) is 0 Å². The molecule has 0 fully saturated rings. The molecule has 0 saturated carbocycles. The Labute approximate surface area is 93.3 Å². The van der Waals surface area contributed by atoms with Gasteiger partial charge in [0.25, 0.3) is 0 Å². The molecule has 1 heterocycles. The average molecular weight is 226 g/mol. The van der Waals surface area contributed by atoms with Crippen LogP contribution in [0.3, 0.4) is 0 Å².